The largest absolute Gasteiger partial charge is 0.496 e. The van der Waals surface area contributed by atoms with Crippen molar-refractivity contribution in [2.45, 2.75) is 44.6 Å². The first-order valence-electron chi connectivity index (χ1n) is 9.67. The number of aryl methyl sites for hydroxylation is 1. The van der Waals surface area contributed by atoms with Gasteiger partial charge < -0.3 is 15.4 Å². The number of rotatable bonds is 7. The van der Waals surface area contributed by atoms with Crippen LogP contribution in [0.5, 0.6) is 5.75 Å². The van der Waals surface area contributed by atoms with Crippen molar-refractivity contribution in [1.29, 1.82) is 0 Å². The monoisotopic (exact) mass is 498 g/mol. The number of benzene rings is 1. The second kappa shape index (κ2) is 10.6. The zero-order valence-electron chi connectivity index (χ0n) is 16.9. The van der Waals surface area contributed by atoms with E-state index in [4.69, 9.17) is 4.74 Å². The maximum Gasteiger partial charge on any atom is 0.191 e. The molecule has 0 saturated heterocycles. The van der Waals surface area contributed by atoms with Gasteiger partial charge in [-0.1, -0.05) is 31.0 Å². The molecule has 0 bridgehead atoms. The lowest BCUT2D eigenvalue weighted by Gasteiger charge is -2.32. The molecule has 1 aliphatic carbocycles. The smallest absolute Gasteiger partial charge is 0.191 e. The molecule has 8 heteroatoms. The Morgan fingerprint density at radius 1 is 1.25 bits per heavy atom. The molecular weight excluding hydrogens is 467 g/mol. The summed E-state index contributed by atoms with van der Waals surface area (Å²) in [5, 5.41) is 11.0. The van der Waals surface area contributed by atoms with E-state index in [0.717, 1.165) is 43.5 Å². The SMILES string of the molecule is CCNC(=NCc1ncnn1C)NCC1(c2ccccc2OC)CCCC1.I. The number of nitrogens with zero attached hydrogens (tertiary/aromatic N) is 4. The number of aromatic nitrogens is 3. The van der Waals surface area contributed by atoms with Crippen molar-refractivity contribution in [1.82, 2.24) is 25.4 Å². The van der Waals surface area contributed by atoms with Crippen molar-refractivity contribution in [3.05, 3.63) is 42.0 Å². The molecule has 1 heterocycles. The van der Waals surface area contributed by atoms with Crippen LogP contribution in [-0.2, 0) is 19.0 Å². The Bertz CT molecular complexity index is 770. The minimum Gasteiger partial charge on any atom is -0.496 e. The highest BCUT2D eigenvalue weighted by Gasteiger charge is 2.37. The van der Waals surface area contributed by atoms with Gasteiger partial charge in [0.25, 0.3) is 0 Å². The molecule has 2 aromatic rings. The van der Waals surface area contributed by atoms with Crippen LogP contribution in [0.4, 0.5) is 0 Å². The van der Waals surface area contributed by atoms with Crippen molar-refractivity contribution in [3.63, 3.8) is 0 Å². The predicted octanol–water partition coefficient (Wildman–Crippen LogP) is 3.01. The number of hydrogen-bond acceptors (Lipinski definition) is 4. The minimum atomic E-state index is 0. The van der Waals surface area contributed by atoms with E-state index in [2.05, 4.69) is 50.8 Å². The summed E-state index contributed by atoms with van der Waals surface area (Å²) in [6, 6.07) is 8.40. The number of nitrogens with one attached hydrogen (secondary N) is 2. The summed E-state index contributed by atoms with van der Waals surface area (Å²) in [5.74, 6) is 2.62. The Kier molecular flexibility index (Phi) is 8.53. The molecule has 0 spiro atoms. The van der Waals surface area contributed by atoms with Crippen molar-refractivity contribution in [2.75, 3.05) is 20.2 Å². The summed E-state index contributed by atoms with van der Waals surface area (Å²) in [7, 11) is 3.63. The van der Waals surface area contributed by atoms with E-state index in [1.165, 1.54) is 18.4 Å². The Morgan fingerprint density at radius 2 is 2.00 bits per heavy atom. The number of halogens is 1. The molecule has 3 rings (SSSR count). The molecule has 28 heavy (non-hydrogen) atoms. The number of para-hydroxylation sites is 1. The van der Waals surface area contributed by atoms with Gasteiger partial charge in [0, 0.05) is 31.1 Å². The molecule has 7 nitrogen and oxygen atoms in total. The van der Waals surface area contributed by atoms with Gasteiger partial charge in [-0.05, 0) is 25.8 Å². The van der Waals surface area contributed by atoms with Crippen LogP contribution < -0.4 is 15.4 Å². The lowest BCUT2D eigenvalue weighted by Crippen LogP contribution is -2.44. The molecule has 1 aliphatic rings. The van der Waals surface area contributed by atoms with E-state index >= 15 is 0 Å². The highest BCUT2D eigenvalue weighted by atomic mass is 127. The number of aliphatic imine (C=N–C) groups is 1. The van der Waals surface area contributed by atoms with Crippen LogP contribution in [0.2, 0.25) is 0 Å². The highest BCUT2D eigenvalue weighted by Crippen LogP contribution is 2.44. The molecule has 0 atom stereocenters. The average Bonchev–Trinajstić information content (AvgIpc) is 3.34. The van der Waals surface area contributed by atoms with Crippen molar-refractivity contribution in [2.24, 2.45) is 12.0 Å². The van der Waals surface area contributed by atoms with E-state index in [0.29, 0.717) is 6.54 Å². The van der Waals surface area contributed by atoms with Crippen molar-refractivity contribution >= 4 is 29.9 Å². The summed E-state index contributed by atoms with van der Waals surface area (Å²) >= 11 is 0. The molecule has 0 amide bonds. The van der Waals surface area contributed by atoms with E-state index < -0.39 is 0 Å². The second-order valence-electron chi connectivity index (χ2n) is 7.04. The van der Waals surface area contributed by atoms with Crippen molar-refractivity contribution < 1.29 is 4.74 Å². The maximum absolute atomic E-state index is 5.66. The van der Waals surface area contributed by atoms with Gasteiger partial charge in [-0.2, -0.15) is 5.10 Å². The van der Waals surface area contributed by atoms with Crippen LogP contribution in [-0.4, -0.2) is 40.9 Å². The van der Waals surface area contributed by atoms with Gasteiger partial charge in [0.2, 0.25) is 0 Å². The molecule has 1 saturated carbocycles. The third-order valence-corrected chi connectivity index (χ3v) is 5.36. The minimum absolute atomic E-state index is 0. The molecule has 1 aromatic carbocycles. The Hall–Kier alpha value is -1.84. The normalized spacial score (nSPS) is 15.8. The van der Waals surface area contributed by atoms with E-state index in [1.54, 1.807) is 18.1 Å². The molecule has 1 fully saturated rings. The molecule has 2 N–H and O–H groups in total. The molecule has 0 unspecified atom stereocenters. The Morgan fingerprint density at radius 3 is 2.64 bits per heavy atom. The maximum atomic E-state index is 5.66. The van der Waals surface area contributed by atoms with E-state index in [9.17, 15) is 0 Å². The van der Waals surface area contributed by atoms with Crippen LogP contribution in [0.3, 0.4) is 0 Å². The summed E-state index contributed by atoms with van der Waals surface area (Å²) in [4.78, 5) is 8.93. The fourth-order valence-electron chi connectivity index (χ4n) is 3.88. The van der Waals surface area contributed by atoms with Crippen molar-refractivity contribution in [3.8, 4) is 5.75 Å². The molecule has 0 aliphatic heterocycles. The first-order valence-corrected chi connectivity index (χ1v) is 9.67. The van der Waals surface area contributed by atoms with Gasteiger partial charge in [-0.15, -0.1) is 24.0 Å². The fraction of sp³-hybridized carbons (Fsp3) is 0.550. The van der Waals surface area contributed by atoms with Gasteiger partial charge in [-0.3, -0.25) is 4.68 Å². The first kappa shape index (κ1) is 22.4. The van der Waals surface area contributed by atoms with Gasteiger partial charge in [0.1, 0.15) is 24.4 Å². The summed E-state index contributed by atoms with van der Waals surface area (Å²) in [6.07, 6.45) is 6.35. The molecule has 1 aromatic heterocycles. The zero-order chi connectivity index (χ0) is 19.1. The summed E-state index contributed by atoms with van der Waals surface area (Å²) in [5.41, 5.74) is 1.37. The van der Waals surface area contributed by atoms with Gasteiger partial charge in [0.05, 0.1) is 7.11 Å². The van der Waals surface area contributed by atoms with Gasteiger partial charge in [0.15, 0.2) is 5.96 Å². The fourth-order valence-corrected chi connectivity index (χ4v) is 3.88. The van der Waals surface area contributed by atoms with Gasteiger partial charge in [-0.25, -0.2) is 9.98 Å². The lowest BCUT2D eigenvalue weighted by atomic mass is 9.78. The highest BCUT2D eigenvalue weighted by molar-refractivity contribution is 14.0. The lowest BCUT2D eigenvalue weighted by molar-refractivity contribution is 0.371. The quantitative estimate of drug-likeness (QED) is 0.349. The van der Waals surface area contributed by atoms with E-state index in [1.807, 2.05) is 13.1 Å². The van der Waals surface area contributed by atoms with Crippen LogP contribution in [0.15, 0.2) is 35.6 Å². The Labute approximate surface area is 184 Å². The summed E-state index contributed by atoms with van der Waals surface area (Å²) in [6.45, 7) is 4.21. The number of guanidine groups is 1. The topological polar surface area (TPSA) is 76.4 Å². The number of methoxy groups -OCH3 is 1. The van der Waals surface area contributed by atoms with E-state index in [-0.39, 0.29) is 29.4 Å². The summed E-state index contributed by atoms with van der Waals surface area (Å²) < 4.78 is 7.41. The van der Waals surface area contributed by atoms with Gasteiger partial charge >= 0.3 is 0 Å². The van der Waals surface area contributed by atoms with Crippen LogP contribution in [0.1, 0.15) is 44.0 Å². The molecule has 154 valence electrons. The van der Waals surface area contributed by atoms with Crippen LogP contribution in [0.25, 0.3) is 0 Å². The Balaban J connectivity index is 0.00000280. The van der Waals surface area contributed by atoms with Crippen LogP contribution in [0, 0.1) is 0 Å². The average molecular weight is 498 g/mol. The predicted molar refractivity (Wildman–Crippen MR) is 122 cm³/mol. The number of ether oxygens (including phenoxy) is 1. The first-order chi connectivity index (χ1) is 13.2. The molecular formula is C20H31IN6O. The van der Waals surface area contributed by atoms with Crippen LogP contribution >= 0.6 is 24.0 Å². The number of hydrogen-bond donors (Lipinski definition) is 2. The second-order valence-corrected chi connectivity index (χ2v) is 7.04. The third-order valence-electron chi connectivity index (χ3n) is 5.36. The molecule has 0 radical (unpaired) electrons. The standard InChI is InChI=1S/C20H30N6O.HI/c1-4-21-19(22-13-18-24-15-25-26(18)2)23-14-20(11-7-8-12-20)16-9-5-6-10-17(16)27-3;/h5-6,9-10,15H,4,7-8,11-14H2,1-3H3,(H2,21,22,23);1H. The zero-order valence-corrected chi connectivity index (χ0v) is 19.3. The third kappa shape index (κ3) is 5.15.